The molecule has 0 saturated carbocycles. The van der Waals surface area contributed by atoms with Crippen LogP contribution in [-0.2, 0) is 11.3 Å². The van der Waals surface area contributed by atoms with Crippen molar-refractivity contribution in [2.45, 2.75) is 31.8 Å². The number of carboxylic acids is 1. The van der Waals surface area contributed by atoms with Crippen LogP contribution in [0, 0.1) is 0 Å². The van der Waals surface area contributed by atoms with E-state index in [0.717, 1.165) is 19.4 Å². The van der Waals surface area contributed by atoms with Gasteiger partial charge in [-0.2, -0.15) is 0 Å². The second kappa shape index (κ2) is 6.07. The molecular weight excluding hydrogens is 208 g/mol. The van der Waals surface area contributed by atoms with Gasteiger partial charge in [0, 0.05) is 12.5 Å². The summed E-state index contributed by atoms with van der Waals surface area (Å²) in [6.07, 6.45) is 5.58. The number of nitrogens with two attached hydrogens (primary N) is 1. The molecule has 1 aromatic rings. The summed E-state index contributed by atoms with van der Waals surface area (Å²) >= 11 is 0. The van der Waals surface area contributed by atoms with E-state index in [1.165, 1.54) is 0 Å². The first kappa shape index (κ1) is 12.4. The van der Waals surface area contributed by atoms with Gasteiger partial charge in [0.25, 0.3) is 0 Å². The number of carbonyl (C=O) groups is 1. The molecule has 88 valence electrons. The fourth-order valence-corrected chi connectivity index (χ4v) is 1.43. The van der Waals surface area contributed by atoms with Gasteiger partial charge in [-0.3, -0.25) is 4.79 Å². The van der Waals surface area contributed by atoms with Crippen molar-refractivity contribution in [1.82, 2.24) is 0 Å². The highest BCUT2D eigenvalue weighted by Crippen LogP contribution is 2.02. The molecule has 0 unspecified atom stereocenters. The van der Waals surface area contributed by atoms with E-state index in [9.17, 15) is 9.90 Å². The summed E-state index contributed by atoms with van der Waals surface area (Å²) in [5.41, 5.74) is 5.37. The van der Waals surface area contributed by atoms with Crippen molar-refractivity contribution < 1.29 is 19.6 Å². The van der Waals surface area contributed by atoms with Crippen LogP contribution in [0.25, 0.3) is 0 Å². The van der Waals surface area contributed by atoms with Crippen LogP contribution < -0.4 is 10.3 Å². The SMILES string of the molecule is N[C@@H](CCCC[n+]1cccc(O)c1)C(=O)O. The summed E-state index contributed by atoms with van der Waals surface area (Å²) in [7, 11) is 0. The molecule has 5 heteroatoms. The number of aliphatic carboxylic acids is 1. The largest absolute Gasteiger partial charge is 0.503 e. The normalized spacial score (nSPS) is 12.3. The summed E-state index contributed by atoms with van der Waals surface area (Å²) in [4.78, 5) is 10.4. The Balaban J connectivity index is 2.23. The van der Waals surface area contributed by atoms with Gasteiger partial charge in [-0.1, -0.05) is 0 Å². The van der Waals surface area contributed by atoms with E-state index in [4.69, 9.17) is 10.8 Å². The summed E-state index contributed by atoms with van der Waals surface area (Å²) in [6, 6.07) is 2.60. The third kappa shape index (κ3) is 4.27. The maximum Gasteiger partial charge on any atom is 0.320 e. The van der Waals surface area contributed by atoms with Gasteiger partial charge in [0.2, 0.25) is 6.20 Å². The zero-order chi connectivity index (χ0) is 12.0. The molecule has 0 spiro atoms. The van der Waals surface area contributed by atoms with Gasteiger partial charge in [0.05, 0.1) is 0 Å². The fraction of sp³-hybridized carbons (Fsp3) is 0.455. The van der Waals surface area contributed by atoms with E-state index in [0.29, 0.717) is 6.42 Å². The average Bonchev–Trinajstić information content (AvgIpc) is 2.24. The molecule has 4 N–H and O–H groups in total. The minimum atomic E-state index is -0.954. The summed E-state index contributed by atoms with van der Waals surface area (Å²) in [5, 5.41) is 17.8. The first-order valence-electron chi connectivity index (χ1n) is 5.26. The fourth-order valence-electron chi connectivity index (χ4n) is 1.43. The topological polar surface area (TPSA) is 87.4 Å². The van der Waals surface area contributed by atoms with Gasteiger partial charge in [-0.15, -0.1) is 0 Å². The molecule has 1 atom stereocenters. The van der Waals surface area contributed by atoms with Crippen LogP contribution in [0.15, 0.2) is 24.5 Å². The Morgan fingerprint density at radius 2 is 2.25 bits per heavy atom. The van der Waals surface area contributed by atoms with Crippen molar-refractivity contribution in [2.75, 3.05) is 0 Å². The van der Waals surface area contributed by atoms with E-state index in [-0.39, 0.29) is 5.75 Å². The molecule has 1 heterocycles. The van der Waals surface area contributed by atoms with Crippen molar-refractivity contribution in [3.05, 3.63) is 24.5 Å². The van der Waals surface area contributed by atoms with E-state index in [1.807, 2.05) is 10.8 Å². The highest BCUT2D eigenvalue weighted by Gasteiger charge is 2.10. The number of aromatic hydroxyl groups is 1. The third-order valence-corrected chi connectivity index (χ3v) is 2.34. The van der Waals surface area contributed by atoms with Crippen molar-refractivity contribution in [3.63, 3.8) is 0 Å². The summed E-state index contributed by atoms with van der Waals surface area (Å²) in [5.74, 6) is -0.727. The van der Waals surface area contributed by atoms with Crippen LogP contribution in [0.3, 0.4) is 0 Å². The van der Waals surface area contributed by atoms with Gasteiger partial charge in [0.15, 0.2) is 11.9 Å². The maximum absolute atomic E-state index is 10.4. The van der Waals surface area contributed by atoms with Crippen LogP contribution in [0.2, 0.25) is 0 Å². The minimum Gasteiger partial charge on any atom is -0.503 e. The Morgan fingerprint density at radius 1 is 1.50 bits per heavy atom. The van der Waals surface area contributed by atoms with Crippen LogP contribution in [-0.4, -0.2) is 22.2 Å². The molecule has 0 bridgehead atoms. The highest BCUT2D eigenvalue weighted by molar-refractivity contribution is 5.72. The Morgan fingerprint density at radius 3 is 2.88 bits per heavy atom. The smallest absolute Gasteiger partial charge is 0.320 e. The molecule has 0 fully saturated rings. The lowest BCUT2D eigenvalue weighted by molar-refractivity contribution is -0.697. The molecule has 0 amide bonds. The number of pyridine rings is 1. The Bertz CT molecular complexity index is 355. The predicted molar refractivity (Wildman–Crippen MR) is 57.8 cm³/mol. The lowest BCUT2D eigenvalue weighted by Gasteiger charge is -2.04. The van der Waals surface area contributed by atoms with Gasteiger partial charge < -0.3 is 15.9 Å². The Hall–Kier alpha value is -1.62. The van der Waals surface area contributed by atoms with Crippen LogP contribution in [0.4, 0.5) is 0 Å². The summed E-state index contributed by atoms with van der Waals surface area (Å²) < 4.78 is 1.86. The molecule has 1 rings (SSSR count). The molecule has 1 aromatic heterocycles. The van der Waals surface area contributed by atoms with Crippen molar-refractivity contribution in [1.29, 1.82) is 0 Å². The number of unbranched alkanes of at least 4 members (excludes halogenated alkanes) is 1. The molecule has 0 aliphatic rings. The maximum atomic E-state index is 10.4. The van der Waals surface area contributed by atoms with Crippen LogP contribution >= 0.6 is 0 Å². The van der Waals surface area contributed by atoms with Crippen LogP contribution in [0.5, 0.6) is 5.75 Å². The molecule has 0 saturated heterocycles. The second-order valence-electron chi connectivity index (χ2n) is 3.74. The van der Waals surface area contributed by atoms with Crippen LogP contribution in [0.1, 0.15) is 19.3 Å². The first-order chi connectivity index (χ1) is 7.59. The molecule has 5 nitrogen and oxygen atoms in total. The monoisotopic (exact) mass is 225 g/mol. The van der Waals surface area contributed by atoms with Gasteiger partial charge in [-0.05, 0) is 18.9 Å². The number of aryl methyl sites for hydroxylation is 1. The van der Waals surface area contributed by atoms with E-state index >= 15 is 0 Å². The zero-order valence-corrected chi connectivity index (χ0v) is 9.04. The summed E-state index contributed by atoms with van der Waals surface area (Å²) in [6.45, 7) is 0.751. The molecule has 0 aliphatic carbocycles. The van der Waals surface area contributed by atoms with E-state index in [1.54, 1.807) is 18.3 Å². The lowest BCUT2D eigenvalue weighted by atomic mass is 10.1. The Labute approximate surface area is 94.1 Å². The third-order valence-electron chi connectivity index (χ3n) is 2.34. The first-order valence-corrected chi connectivity index (χ1v) is 5.26. The standard InChI is InChI=1S/C11H16N2O3/c12-10(11(15)16)5-1-2-6-13-7-3-4-9(14)8-13/h3-4,7-8,10H,1-2,5-6,12H2,(H-,14,15,16)/p+1/t10-/m0/s1. The molecular formula is C11H17N2O3+. The van der Waals surface area contributed by atoms with Crippen molar-refractivity contribution >= 4 is 5.97 Å². The molecule has 0 aromatic carbocycles. The number of hydrogen-bond acceptors (Lipinski definition) is 3. The zero-order valence-electron chi connectivity index (χ0n) is 9.04. The Kier molecular flexibility index (Phi) is 4.72. The number of rotatable bonds is 6. The highest BCUT2D eigenvalue weighted by atomic mass is 16.4. The molecule has 0 aliphatic heterocycles. The molecule has 0 radical (unpaired) electrons. The molecule has 16 heavy (non-hydrogen) atoms. The number of nitrogens with zero attached hydrogens (tertiary/aromatic N) is 1. The van der Waals surface area contributed by atoms with Crippen molar-refractivity contribution in [3.8, 4) is 5.75 Å². The van der Waals surface area contributed by atoms with Gasteiger partial charge >= 0.3 is 5.97 Å². The average molecular weight is 225 g/mol. The van der Waals surface area contributed by atoms with E-state index in [2.05, 4.69) is 0 Å². The lowest BCUT2D eigenvalue weighted by Crippen LogP contribution is -2.33. The number of hydrogen-bond donors (Lipinski definition) is 3. The van der Waals surface area contributed by atoms with Crippen molar-refractivity contribution in [2.24, 2.45) is 5.73 Å². The quantitative estimate of drug-likeness (QED) is 0.479. The minimum absolute atomic E-state index is 0.227. The second-order valence-corrected chi connectivity index (χ2v) is 3.74. The predicted octanol–water partition coefficient (Wildman–Crippen LogP) is 0.262. The van der Waals surface area contributed by atoms with Gasteiger partial charge in [-0.25, -0.2) is 4.57 Å². The number of aromatic nitrogens is 1. The number of carboxylic acid groups (broad SMARTS) is 1. The van der Waals surface area contributed by atoms with Gasteiger partial charge in [0.1, 0.15) is 12.6 Å². The van der Waals surface area contributed by atoms with E-state index < -0.39 is 12.0 Å².